The number of hydrogen-bond acceptors (Lipinski definition) is 5. The molecule has 7 nitrogen and oxygen atoms in total. The topological polar surface area (TPSA) is 84.9 Å². The Morgan fingerprint density at radius 3 is 2.15 bits per heavy atom. The Morgan fingerprint density at radius 1 is 1.07 bits per heavy atom. The lowest BCUT2D eigenvalue weighted by molar-refractivity contribution is 0.182. The Bertz CT molecular complexity index is 918. The average Bonchev–Trinajstić information content (AvgIpc) is 2.60. The Labute approximate surface area is 162 Å². The van der Waals surface area contributed by atoms with E-state index in [2.05, 4.69) is 5.32 Å². The first kappa shape index (κ1) is 19.3. The van der Waals surface area contributed by atoms with Crippen LogP contribution in [0.4, 0.5) is 10.5 Å². The van der Waals surface area contributed by atoms with Crippen LogP contribution in [0.15, 0.2) is 47.4 Å². The number of rotatable bonds is 5. The third-order valence-corrected chi connectivity index (χ3v) is 6.68. The molecule has 1 aliphatic heterocycles. The number of amides is 2. The van der Waals surface area contributed by atoms with E-state index >= 15 is 0 Å². The molecule has 0 spiro atoms. The quantitative estimate of drug-likeness (QED) is 0.818. The van der Waals surface area contributed by atoms with E-state index < -0.39 is 15.1 Å². The summed E-state index contributed by atoms with van der Waals surface area (Å²) in [7, 11) is -0.468. The molecule has 0 atom stereocenters. The number of nitrogens with one attached hydrogen (secondary N) is 1. The highest BCUT2D eigenvalue weighted by Crippen LogP contribution is 2.28. The van der Waals surface area contributed by atoms with Crippen LogP contribution in [-0.2, 0) is 9.84 Å². The van der Waals surface area contributed by atoms with Crippen LogP contribution in [0.3, 0.4) is 0 Å². The van der Waals surface area contributed by atoms with Crippen molar-refractivity contribution in [3.05, 3.63) is 47.5 Å². The molecule has 2 aromatic carbocycles. The standard InChI is InChI=1S/C18H19ClN2O5S/c1-25-14-7-13(8-15(9-14)26-2)20-18(22)21-10-17(11-21)27(23,24)16-5-3-12(19)4-6-16/h3-9,17H,10-11H2,1-2H3,(H,20,22). The van der Waals surface area contributed by atoms with Crippen molar-refractivity contribution < 1.29 is 22.7 Å². The molecular weight excluding hydrogens is 392 g/mol. The van der Waals surface area contributed by atoms with Gasteiger partial charge in [0.15, 0.2) is 9.84 Å². The predicted molar refractivity (Wildman–Crippen MR) is 103 cm³/mol. The van der Waals surface area contributed by atoms with Crippen molar-refractivity contribution in [2.24, 2.45) is 0 Å². The second-order valence-corrected chi connectivity index (χ2v) is 8.72. The second-order valence-electron chi connectivity index (χ2n) is 6.06. The van der Waals surface area contributed by atoms with Gasteiger partial charge in [0.25, 0.3) is 0 Å². The third-order valence-electron chi connectivity index (χ3n) is 4.32. The fourth-order valence-corrected chi connectivity index (χ4v) is 4.48. The van der Waals surface area contributed by atoms with E-state index in [9.17, 15) is 13.2 Å². The van der Waals surface area contributed by atoms with E-state index in [1.54, 1.807) is 18.2 Å². The summed E-state index contributed by atoms with van der Waals surface area (Å²) in [6, 6.07) is 10.6. The average molecular weight is 411 g/mol. The van der Waals surface area contributed by atoms with Crippen molar-refractivity contribution in [1.82, 2.24) is 4.90 Å². The number of ether oxygens (including phenoxy) is 2. The Hall–Kier alpha value is -2.45. The molecule has 1 N–H and O–H groups in total. The Balaban J connectivity index is 1.64. The minimum absolute atomic E-state index is 0.123. The number of anilines is 1. The molecule has 2 amide bonds. The van der Waals surface area contributed by atoms with Crippen LogP contribution in [-0.4, -0.2) is 51.9 Å². The highest BCUT2D eigenvalue weighted by Gasteiger charge is 2.40. The molecule has 1 fully saturated rings. The van der Waals surface area contributed by atoms with E-state index in [0.717, 1.165) is 0 Å². The summed E-state index contributed by atoms with van der Waals surface area (Å²) in [6.45, 7) is 0.246. The molecule has 0 aromatic heterocycles. The summed E-state index contributed by atoms with van der Waals surface area (Å²) in [6.07, 6.45) is 0. The zero-order chi connectivity index (χ0) is 19.6. The smallest absolute Gasteiger partial charge is 0.321 e. The molecule has 27 heavy (non-hydrogen) atoms. The van der Waals surface area contributed by atoms with E-state index in [1.165, 1.54) is 43.4 Å². The number of carbonyl (C=O) groups is 1. The van der Waals surface area contributed by atoms with Crippen molar-refractivity contribution in [3.8, 4) is 11.5 Å². The minimum Gasteiger partial charge on any atom is -0.497 e. The molecule has 1 heterocycles. The minimum atomic E-state index is -3.50. The van der Waals surface area contributed by atoms with Crippen molar-refractivity contribution in [1.29, 1.82) is 0 Å². The van der Waals surface area contributed by atoms with Gasteiger partial charge in [0.1, 0.15) is 16.7 Å². The zero-order valence-electron chi connectivity index (χ0n) is 14.8. The maximum Gasteiger partial charge on any atom is 0.321 e. The summed E-state index contributed by atoms with van der Waals surface area (Å²) in [5.74, 6) is 1.08. The molecule has 3 rings (SSSR count). The normalized spacial score (nSPS) is 14.4. The van der Waals surface area contributed by atoms with Gasteiger partial charge in [-0.1, -0.05) is 11.6 Å². The molecule has 0 aliphatic carbocycles. The van der Waals surface area contributed by atoms with Crippen molar-refractivity contribution in [3.63, 3.8) is 0 Å². The number of benzene rings is 2. The molecule has 0 unspecified atom stereocenters. The Morgan fingerprint density at radius 2 is 1.63 bits per heavy atom. The summed E-state index contributed by atoms with van der Waals surface area (Å²) >= 11 is 5.80. The maximum absolute atomic E-state index is 12.6. The van der Waals surface area contributed by atoms with E-state index in [4.69, 9.17) is 21.1 Å². The molecular formula is C18H19ClN2O5S. The molecule has 2 aromatic rings. The van der Waals surface area contributed by atoms with Crippen LogP contribution >= 0.6 is 11.6 Å². The first-order valence-electron chi connectivity index (χ1n) is 8.12. The van der Waals surface area contributed by atoms with Crippen LogP contribution in [0.5, 0.6) is 11.5 Å². The van der Waals surface area contributed by atoms with Crippen molar-refractivity contribution in [2.75, 3.05) is 32.6 Å². The lowest BCUT2D eigenvalue weighted by atomic mass is 10.2. The molecule has 144 valence electrons. The number of methoxy groups -OCH3 is 2. The molecule has 1 aliphatic rings. The third kappa shape index (κ3) is 4.12. The van der Waals surface area contributed by atoms with Crippen LogP contribution < -0.4 is 14.8 Å². The van der Waals surface area contributed by atoms with Gasteiger partial charge in [0, 0.05) is 42.0 Å². The molecule has 0 bridgehead atoms. The van der Waals surface area contributed by atoms with Gasteiger partial charge in [-0.2, -0.15) is 0 Å². The van der Waals surface area contributed by atoms with E-state index in [-0.39, 0.29) is 24.0 Å². The fourth-order valence-electron chi connectivity index (χ4n) is 2.70. The molecule has 0 saturated carbocycles. The SMILES string of the molecule is COc1cc(NC(=O)N2CC(S(=O)(=O)c3ccc(Cl)cc3)C2)cc(OC)c1. The number of likely N-dealkylation sites (tertiary alicyclic amines) is 1. The van der Waals surface area contributed by atoms with Gasteiger partial charge in [-0.15, -0.1) is 0 Å². The number of hydrogen-bond donors (Lipinski definition) is 1. The monoisotopic (exact) mass is 410 g/mol. The zero-order valence-corrected chi connectivity index (χ0v) is 16.4. The van der Waals surface area contributed by atoms with Crippen molar-refractivity contribution >= 4 is 33.2 Å². The number of halogens is 1. The van der Waals surface area contributed by atoms with Crippen molar-refractivity contribution in [2.45, 2.75) is 10.1 Å². The van der Waals surface area contributed by atoms with Gasteiger partial charge in [-0.25, -0.2) is 13.2 Å². The highest BCUT2D eigenvalue weighted by molar-refractivity contribution is 7.92. The van der Waals surface area contributed by atoms with Gasteiger partial charge >= 0.3 is 6.03 Å². The van der Waals surface area contributed by atoms with E-state index in [1.807, 2.05) is 0 Å². The van der Waals surface area contributed by atoms with Gasteiger partial charge in [0.05, 0.1) is 19.1 Å². The Kier molecular flexibility index (Phi) is 5.48. The number of carbonyl (C=O) groups excluding carboxylic acids is 1. The van der Waals surface area contributed by atoms with Gasteiger partial charge in [-0.05, 0) is 24.3 Å². The van der Waals surface area contributed by atoms with E-state index in [0.29, 0.717) is 22.2 Å². The maximum atomic E-state index is 12.6. The summed E-state index contributed by atoms with van der Waals surface area (Å²) < 4.78 is 35.5. The van der Waals surface area contributed by atoms with Gasteiger partial charge in [0.2, 0.25) is 0 Å². The van der Waals surface area contributed by atoms with Gasteiger partial charge < -0.3 is 19.7 Å². The second kappa shape index (κ2) is 7.66. The fraction of sp³-hybridized carbons (Fsp3) is 0.278. The largest absolute Gasteiger partial charge is 0.497 e. The summed E-state index contributed by atoms with van der Waals surface area (Å²) in [4.78, 5) is 14.0. The van der Waals surface area contributed by atoms with Crippen LogP contribution in [0, 0.1) is 0 Å². The number of sulfone groups is 1. The molecule has 1 saturated heterocycles. The lowest BCUT2D eigenvalue weighted by Gasteiger charge is -2.38. The number of nitrogens with zero attached hydrogens (tertiary/aromatic N) is 1. The van der Waals surface area contributed by atoms with Crippen LogP contribution in [0.25, 0.3) is 0 Å². The highest BCUT2D eigenvalue weighted by atomic mass is 35.5. The first-order chi connectivity index (χ1) is 12.8. The molecule has 0 radical (unpaired) electrons. The first-order valence-corrected chi connectivity index (χ1v) is 10.0. The summed E-state index contributed by atoms with van der Waals surface area (Å²) in [5, 5.41) is 2.56. The molecule has 9 heteroatoms. The lowest BCUT2D eigenvalue weighted by Crippen LogP contribution is -2.58. The van der Waals surface area contributed by atoms with Crippen LogP contribution in [0.1, 0.15) is 0 Å². The van der Waals surface area contributed by atoms with Gasteiger partial charge in [-0.3, -0.25) is 0 Å². The number of urea groups is 1. The predicted octanol–water partition coefficient (Wildman–Crippen LogP) is 3.05. The summed E-state index contributed by atoms with van der Waals surface area (Å²) in [5.41, 5.74) is 0.500. The van der Waals surface area contributed by atoms with Crippen LogP contribution in [0.2, 0.25) is 5.02 Å².